The lowest BCUT2D eigenvalue weighted by atomic mass is 10.0. The Balaban J connectivity index is 1.68. The van der Waals surface area contributed by atoms with Crippen molar-refractivity contribution in [2.75, 3.05) is 0 Å². The first-order valence-electron chi connectivity index (χ1n) is 13.0. The van der Waals surface area contributed by atoms with E-state index in [1.54, 1.807) is 6.07 Å². The lowest BCUT2D eigenvalue weighted by Crippen LogP contribution is -2.13. The average molecular weight is 482 g/mol. The van der Waals surface area contributed by atoms with Gasteiger partial charge in [-0.2, -0.15) is 0 Å². The van der Waals surface area contributed by atoms with Crippen LogP contribution in [0.3, 0.4) is 0 Å². The molecule has 0 aliphatic carbocycles. The summed E-state index contributed by atoms with van der Waals surface area (Å²) in [6.07, 6.45) is 14.7. The highest BCUT2D eigenvalue weighted by molar-refractivity contribution is 5.87. The van der Waals surface area contributed by atoms with Crippen LogP contribution in [-0.4, -0.2) is 25.0 Å². The summed E-state index contributed by atoms with van der Waals surface area (Å²) in [5.41, 5.74) is 0.678. The first-order chi connectivity index (χ1) is 16.9. The summed E-state index contributed by atoms with van der Waals surface area (Å²) in [6.45, 7) is 2.79. The van der Waals surface area contributed by atoms with E-state index in [0.717, 1.165) is 19.3 Å². The Labute approximate surface area is 207 Å². The number of aromatic nitrogens is 1. The van der Waals surface area contributed by atoms with Crippen LogP contribution in [0, 0.1) is 0 Å². The SMILES string of the molecule is CCCCCCCCCCCCCCn1c(-c2ccc(O)c(O)c2)c(O)c(=O)c2ccc(O)cc21. The summed E-state index contributed by atoms with van der Waals surface area (Å²) in [6, 6.07) is 8.69. The zero-order valence-corrected chi connectivity index (χ0v) is 20.8. The topological polar surface area (TPSA) is 103 Å². The molecule has 0 saturated heterocycles. The Bertz CT molecular complexity index is 1170. The number of hydrogen-bond donors (Lipinski definition) is 4. The molecule has 0 fully saturated rings. The minimum atomic E-state index is -0.534. The number of fused-ring (bicyclic) bond motifs is 1. The maximum Gasteiger partial charge on any atom is 0.231 e. The molecular weight excluding hydrogens is 442 g/mol. The maximum atomic E-state index is 12.9. The van der Waals surface area contributed by atoms with Crippen LogP contribution in [0.15, 0.2) is 41.2 Å². The van der Waals surface area contributed by atoms with Gasteiger partial charge in [0, 0.05) is 23.6 Å². The first kappa shape index (κ1) is 26.5. The van der Waals surface area contributed by atoms with Crippen LogP contribution >= 0.6 is 0 Å². The molecule has 1 aromatic heterocycles. The number of nitrogens with zero attached hydrogens (tertiary/aromatic N) is 1. The lowest BCUT2D eigenvalue weighted by molar-refractivity contribution is 0.404. The van der Waals surface area contributed by atoms with Gasteiger partial charge in [0.15, 0.2) is 17.2 Å². The zero-order chi connectivity index (χ0) is 25.2. The van der Waals surface area contributed by atoms with E-state index in [9.17, 15) is 25.2 Å². The molecular formula is C29H39NO5. The molecule has 35 heavy (non-hydrogen) atoms. The van der Waals surface area contributed by atoms with E-state index in [1.807, 2.05) is 4.57 Å². The summed E-state index contributed by atoms with van der Waals surface area (Å²) in [5.74, 6) is -0.985. The standard InChI is InChI=1S/C29H39NO5/c1-2-3-4-5-6-7-8-9-10-11-12-13-18-30-24-20-22(31)15-16-23(24)28(34)29(35)27(30)21-14-17-25(32)26(33)19-21/h14-17,19-20,31-33,35H,2-13,18H2,1H3. The highest BCUT2D eigenvalue weighted by Crippen LogP contribution is 2.36. The van der Waals surface area contributed by atoms with E-state index in [4.69, 9.17) is 0 Å². The van der Waals surface area contributed by atoms with Gasteiger partial charge in [-0.05, 0) is 36.8 Å². The van der Waals surface area contributed by atoms with E-state index in [1.165, 1.54) is 88.1 Å². The molecule has 4 N–H and O–H groups in total. The summed E-state index contributed by atoms with van der Waals surface area (Å²) in [7, 11) is 0. The van der Waals surface area contributed by atoms with Gasteiger partial charge in [-0.3, -0.25) is 4.79 Å². The van der Waals surface area contributed by atoms with Gasteiger partial charge in [0.05, 0.1) is 11.2 Å². The summed E-state index contributed by atoms with van der Waals surface area (Å²) >= 11 is 0. The predicted octanol–water partition coefficient (Wildman–Crippen LogP) is 7.19. The maximum absolute atomic E-state index is 12.9. The molecule has 190 valence electrons. The molecule has 0 unspecified atom stereocenters. The van der Waals surface area contributed by atoms with Crippen molar-refractivity contribution in [3.05, 3.63) is 46.6 Å². The summed E-state index contributed by atoms with van der Waals surface area (Å²) < 4.78 is 1.83. The van der Waals surface area contributed by atoms with Crippen LogP contribution in [0.4, 0.5) is 0 Å². The first-order valence-corrected chi connectivity index (χ1v) is 13.0. The van der Waals surface area contributed by atoms with Gasteiger partial charge < -0.3 is 25.0 Å². The molecule has 3 rings (SSSR count). The second-order valence-corrected chi connectivity index (χ2v) is 9.47. The van der Waals surface area contributed by atoms with Crippen LogP contribution in [0.2, 0.25) is 0 Å². The molecule has 0 spiro atoms. The fourth-order valence-electron chi connectivity index (χ4n) is 4.73. The third-order valence-electron chi connectivity index (χ3n) is 6.71. The van der Waals surface area contributed by atoms with Gasteiger partial charge in [-0.25, -0.2) is 0 Å². The molecule has 6 nitrogen and oxygen atoms in total. The lowest BCUT2D eigenvalue weighted by Gasteiger charge is -2.19. The molecule has 0 aliphatic rings. The Kier molecular flexibility index (Phi) is 9.88. The molecule has 0 bridgehead atoms. The minimum absolute atomic E-state index is 0.0329. The largest absolute Gasteiger partial charge is 0.508 e. The molecule has 0 atom stereocenters. The Hall–Kier alpha value is -3.15. The quantitative estimate of drug-likeness (QED) is 0.144. The number of benzene rings is 2. The van der Waals surface area contributed by atoms with Gasteiger partial charge in [0.25, 0.3) is 0 Å². The normalized spacial score (nSPS) is 11.3. The van der Waals surface area contributed by atoms with E-state index in [2.05, 4.69) is 6.92 Å². The fraction of sp³-hybridized carbons (Fsp3) is 0.483. The van der Waals surface area contributed by atoms with Gasteiger partial charge in [0.1, 0.15) is 5.75 Å². The van der Waals surface area contributed by atoms with Crippen LogP contribution in [0.1, 0.15) is 84.0 Å². The fourth-order valence-corrected chi connectivity index (χ4v) is 4.73. The number of unbranched alkanes of at least 4 members (excludes halogenated alkanes) is 11. The highest BCUT2D eigenvalue weighted by Gasteiger charge is 2.19. The van der Waals surface area contributed by atoms with Crippen molar-refractivity contribution in [3.8, 4) is 34.3 Å². The number of phenols is 3. The number of hydrogen-bond acceptors (Lipinski definition) is 5. The summed E-state index contributed by atoms with van der Waals surface area (Å²) in [5, 5.41) is 40.9. The number of phenolic OH excluding ortho intramolecular Hbond substituents is 3. The monoisotopic (exact) mass is 481 g/mol. The van der Waals surface area contributed by atoms with Crippen LogP contribution in [-0.2, 0) is 6.54 Å². The Morgan fingerprint density at radius 3 is 1.89 bits per heavy atom. The Morgan fingerprint density at radius 1 is 0.686 bits per heavy atom. The molecule has 0 radical (unpaired) electrons. The summed E-state index contributed by atoms with van der Waals surface area (Å²) in [4.78, 5) is 12.9. The molecule has 0 aliphatic heterocycles. The van der Waals surface area contributed by atoms with Crippen molar-refractivity contribution in [1.82, 2.24) is 4.57 Å². The number of rotatable bonds is 14. The van der Waals surface area contributed by atoms with Crippen LogP contribution < -0.4 is 5.43 Å². The van der Waals surface area contributed by atoms with Gasteiger partial charge in [-0.1, -0.05) is 77.6 Å². The van der Waals surface area contributed by atoms with E-state index in [-0.39, 0.29) is 22.9 Å². The average Bonchev–Trinajstić information content (AvgIpc) is 2.84. The second-order valence-electron chi connectivity index (χ2n) is 9.47. The molecule has 6 heteroatoms. The third kappa shape index (κ3) is 6.93. The molecule has 1 heterocycles. The number of pyridine rings is 1. The van der Waals surface area contributed by atoms with Crippen molar-refractivity contribution in [2.24, 2.45) is 0 Å². The molecule has 3 aromatic rings. The van der Waals surface area contributed by atoms with Crippen molar-refractivity contribution >= 4 is 10.9 Å². The minimum Gasteiger partial charge on any atom is -0.508 e. The van der Waals surface area contributed by atoms with E-state index >= 15 is 0 Å². The van der Waals surface area contributed by atoms with Gasteiger partial charge in [-0.15, -0.1) is 0 Å². The van der Waals surface area contributed by atoms with Crippen molar-refractivity contribution < 1.29 is 20.4 Å². The highest BCUT2D eigenvalue weighted by atomic mass is 16.3. The number of aromatic hydroxyl groups is 4. The van der Waals surface area contributed by atoms with E-state index in [0.29, 0.717) is 23.0 Å². The van der Waals surface area contributed by atoms with Crippen LogP contribution in [0.5, 0.6) is 23.0 Å². The molecule has 0 amide bonds. The third-order valence-corrected chi connectivity index (χ3v) is 6.71. The second kappa shape index (κ2) is 13.1. The van der Waals surface area contributed by atoms with Gasteiger partial charge in [0.2, 0.25) is 5.43 Å². The number of aryl methyl sites for hydroxylation is 1. The van der Waals surface area contributed by atoms with Crippen molar-refractivity contribution in [3.63, 3.8) is 0 Å². The van der Waals surface area contributed by atoms with Gasteiger partial charge >= 0.3 is 0 Å². The smallest absolute Gasteiger partial charge is 0.231 e. The predicted molar refractivity (Wildman–Crippen MR) is 141 cm³/mol. The Morgan fingerprint density at radius 2 is 1.29 bits per heavy atom. The van der Waals surface area contributed by atoms with Crippen LogP contribution in [0.25, 0.3) is 22.2 Å². The zero-order valence-electron chi connectivity index (χ0n) is 20.8. The van der Waals surface area contributed by atoms with Crippen molar-refractivity contribution in [2.45, 2.75) is 90.5 Å². The molecule has 2 aromatic carbocycles. The van der Waals surface area contributed by atoms with Crippen molar-refractivity contribution in [1.29, 1.82) is 0 Å². The van der Waals surface area contributed by atoms with E-state index < -0.39 is 11.2 Å². The molecule has 0 saturated carbocycles.